The molecule has 1 aliphatic carbocycles. The molecule has 1 fully saturated rings. The predicted molar refractivity (Wildman–Crippen MR) is 85.8 cm³/mol. The summed E-state index contributed by atoms with van der Waals surface area (Å²) in [7, 11) is 1.85. The van der Waals surface area contributed by atoms with E-state index in [1.807, 2.05) is 31.3 Å². The van der Waals surface area contributed by atoms with Gasteiger partial charge in [0, 0.05) is 25.7 Å². The third-order valence-electron chi connectivity index (χ3n) is 4.11. The molecule has 0 atom stereocenters. The molecule has 122 valence electrons. The van der Waals surface area contributed by atoms with Gasteiger partial charge in [-0.05, 0) is 24.8 Å². The van der Waals surface area contributed by atoms with Crippen LogP contribution in [0.4, 0.5) is 4.79 Å². The summed E-state index contributed by atoms with van der Waals surface area (Å²) in [4.78, 5) is 13.9. The third-order valence-corrected chi connectivity index (χ3v) is 4.11. The summed E-state index contributed by atoms with van der Waals surface area (Å²) >= 11 is 0. The smallest absolute Gasteiger partial charge is 0.317 e. The van der Waals surface area contributed by atoms with Crippen LogP contribution in [0.3, 0.4) is 0 Å². The number of hydrogen-bond acceptors (Lipinski definition) is 3. The Kier molecular flexibility index (Phi) is 6.52. The van der Waals surface area contributed by atoms with Gasteiger partial charge in [0.05, 0.1) is 6.61 Å². The molecule has 2 amide bonds. The highest BCUT2D eigenvalue weighted by Crippen LogP contribution is 2.25. The van der Waals surface area contributed by atoms with E-state index in [9.17, 15) is 4.79 Å². The van der Waals surface area contributed by atoms with Crippen LogP contribution in [0.15, 0.2) is 24.3 Å². The fourth-order valence-electron chi connectivity index (χ4n) is 2.92. The van der Waals surface area contributed by atoms with Crippen LogP contribution in [0.1, 0.15) is 31.2 Å². The number of benzene rings is 1. The average Bonchev–Trinajstić information content (AvgIpc) is 3.04. The van der Waals surface area contributed by atoms with Gasteiger partial charge in [0.15, 0.2) is 0 Å². The molecule has 0 heterocycles. The molecule has 0 aliphatic heterocycles. The Balaban J connectivity index is 1.82. The number of aliphatic hydroxyl groups is 1. The molecule has 0 radical (unpaired) electrons. The lowest BCUT2D eigenvalue weighted by Gasteiger charge is -2.22. The highest BCUT2D eigenvalue weighted by Gasteiger charge is 2.19. The van der Waals surface area contributed by atoms with E-state index < -0.39 is 0 Å². The number of amides is 2. The molecule has 1 saturated carbocycles. The van der Waals surface area contributed by atoms with Crippen LogP contribution in [0, 0.1) is 5.92 Å². The molecule has 2 N–H and O–H groups in total. The maximum Gasteiger partial charge on any atom is 0.317 e. The second-order valence-corrected chi connectivity index (χ2v) is 5.87. The Hall–Kier alpha value is -1.75. The first-order valence-electron chi connectivity index (χ1n) is 8.01. The summed E-state index contributed by atoms with van der Waals surface area (Å²) in [5.41, 5.74) is 0.915. The Morgan fingerprint density at radius 2 is 2.09 bits per heavy atom. The van der Waals surface area contributed by atoms with Gasteiger partial charge < -0.3 is 20.1 Å². The fraction of sp³-hybridized carbons (Fsp3) is 0.588. The summed E-state index contributed by atoms with van der Waals surface area (Å²) in [5, 5.41) is 11.8. The number of ether oxygens (including phenoxy) is 1. The topological polar surface area (TPSA) is 61.8 Å². The van der Waals surface area contributed by atoms with Crippen molar-refractivity contribution in [1.82, 2.24) is 10.2 Å². The molecule has 5 nitrogen and oxygen atoms in total. The van der Waals surface area contributed by atoms with E-state index in [1.54, 1.807) is 4.90 Å². The van der Waals surface area contributed by atoms with Crippen molar-refractivity contribution < 1.29 is 14.6 Å². The van der Waals surface area contributed by atoms with E-state index in [1.165, 1.54) is 25.7 Å². The number of aliphatic hydroxyl groups excluding tert-OH is 1. The first kappa shape index (κ1) is 16.6. The standard InChI is InChI=1S/C17H26N2O3/c1-19(13-14-6-2-3-7-14)17(21)18-12-15-8-4-5-9-16(15)22-11-10-20/h4-5,8-9,14,20H,2-3,6-7,10-13H2,1H3,(H,18,21). The zero-order valence-corrected chi connectivity index (χ0v) is 13.3. The van der Waals surface area contributed by atoms with Crippen molar-refractivity contribution in [3.05, 3.63) is 29.8 Å². The molecular formula is C17H26N2O3. The van der Waals surface area contributed by atoms with Crippen molar-refractivity contribution in [1.29, 1.82) is 0 Å². The predicted octanol–water partition coefficient (Wildman–Crippen LogP) is 2.39. The first-order chi connectivity index (χ1) is 10.7. The van der Waals surface area contributed by atoms with Gasteiger partial charge in [-0.1, -0.05) is 31.0 Å². The number of nitrogens with zero attached hydrogens (tertiary/aromatic N) is 1. The maximum atomic E-state index is 12.2. The second-order valence-electron chi connectivity index (χ2n) is 5.87. The Labute approximate surface area is 132 Å². The van der Waals surface area contributed by atoms with Gasteiger partial charge in [-0.15, -0.1) is 0 Å². The van der Waals surface area contributed by atoms with Gasteiger partial charge in [-0.2, -0.15) is 0 Å². The third kappa shape index (κ3) is 4.91. The lowest BCUT2D eigenvalue weighted by atomic mass is 10.1. The molecule has 1 aromatic carbocycles. The van der Waals surface area contributed by atoms with Crippen LogP contribution in [0.5, 0.6) is 5.75 Å². The lowest BCUT2D eigenvalue weighted by Crippen LogP contribution is -2.39. The van der Waals surface area contributed by atoms with Gasteiger partial charge in [0.25, 0.3) is 0 Å². The van der Waals surface area contributed by atoms with Gasteiger partial charge >= 0.3 is 6.03 Å². The van der Waals surface area contributed by atoms with E-state index >= 15 is 0 Å². The normalized spacial score (nSPS) is 14.8. The number of urea groups is 1. The quantitative estimate of drug-likeness (QED) is 0.813. The van der Waals surface area contributed by atoms with E-state index in [4.69, 9.17) is 9.84 Å². The molecule has 0 unspecified atom stereocenters. The minimum absolute atomic E-state index is 0.0230. The highest BCUT2D eigenvalue weighted by molar-refractivity contribution is 5.73. The highest BCUT2D eigenvalue weighted by atomic mass is 16.5. The van der Waals surface area contributed by atoms with Crippen molar-refractivity contribution in [3.63, 3.8) is 0 Å². The van der Waals surface area contributed by atoms with E-state index in [0.717, 1.165) is 12.1 Å². The summed E-state index contributed by atoms with van der Waals surface area (Å²) in [6.07, 6.45) is 5.04. The van der Waals surface area contributed by atoms with E-state index in [0.29, 0.717) is 18.2 Å². The number of nitrogens with one attached hydrogen (secondary N) is 1. The van der Waals surface area contributed by atoms with Crippen LogP contribution in [-0.4, -0.2) is 42.8 Å². The Morgan fingerprint density at radius 1 is 1.36 bits per heavy atom. The Morgan fingerprint density at radius 3 is 2.82 bits per heavy atom. The van der Waals surface area contributed by atoms with Crippen molar-refractivity contribution in [2.24, 2.45) is 5.92 Å². The van der Waals surface area contributed by atoms with Crippen LogP contribution in [-0.2, 0) is 6.54 Å². The van der Waals surface area contributed by atoms with Crippen molar-refractivity contribution in [3.8, 4) is 5.75 Å². The average molecular weight is 306 g/mol. The molecule has 0 aromatic heterocycles. The number of carbonyl (C=O) groups excluding carboxylic acids is 1. The van der Waals surface area contributed by atoms with Gasteiger partial charge in [0.1, 0.15) is 12.4 Å². The van der Waals surface area contributed by atoms with E-state index in [-0.39, 0.29) is 19.2 Å². The monoisotopic (exact) mass is 306 g/mol. The molecule has 1 aromatic rings. The summed E-state index contributed by atoms with van der Waals surface area (Å²) in [6.45, 7) is 1.49. The van der Waals surface area contributed by atoms with Crippen molar-refractivity contribution >= 4 is 6.03 Å². The number of carbonyl (C=O) groups is 1. The van der Waals surface area contributed by atoms with Gasteiger partial charge in [-0.25, -0.2) is 4.79 Å². The summed E-state index contributed by atoms with van der Waals surface area (Å²) in [5.74, 6) is 1.35. The molecule has 0 saturated heterocycles. The van der Waals surface area contributed by atoms with Crippen LogP contribution >= 0.6 is 0 Å². The molecule has 22 heavy (non-hydrogen) atoms. The van der Waals surface area contributed by atoms with Gasteiger partial charge in [0.2, 0.25) is 0 Å². The van der Waals surface area contributed by atoms with Crippen LogP contribution in [0.2, 0.25) is 0 Å². The van der Waals surface area contributed by atoms with E-state index in [2.05, 4.69) is 5.32 Å². The lowest BCUT2D eigenvalue weighted by molar-refractivity contribution is 0.196. The minimum Gasteiger partial charge on any atom is -0.491 e. The maximum absolute atomic E-state index is 12.2. The number of hydrogen-bond donors (Lipinski definition) is 2. The molecular weight excluding hydrogens is 280 g/mol. The zero-order valence-electron chi connectivity index (χ0n) is 13.3. The zero-order chi connectivity index (χ0) is 15.8. The molecule has 2 rings (SSSR count). The summed E-state index contributed by atoms with van der Waals surface area (Å²) in [6, 6.07) is 7.51. The number of rotatable bonds is 7. The first-order valence-corrected chi connectivity index (χ1v) is 8.01. The molecule has 1 aliphatic rings. The minimum atomic E-state index is -0.0520. The van der Waals surface area contributed by atoms with Crippen molar-refractivity contribution in [2.45, 2.75) is 32.2 Å². The molecule has 5 heteroatoms. The van der Waals surface area contributed by atoms with Crippen LogP contribution < -0.4 is 10.1 Å². The molecule has 0 spiro atoms. The Bertz CT molecular complexity index is 473. The van der Waals surface area contributed by atoms with Crippen molar-refractivity contribution in [2.75, 3.05) is 26.8 Å². The SMILES string of the molecule is CN(CC1CCCC1)C(=O)NCc1ccccc1OCCO. The van der Waals surface area contributed by atoms with Gasteiger partial charge in [-0.3, -0.25) is 0 Å². The van der Waals surface area contributed by atoms with Crippen LogP contribution in [0.25, 0.3) is 0 Å². The largest absolute Gasteiger partial charge is 0.491 e. The second kappa shape index (κ2) is 8.63. The number of para-hydroxylation sites is 1. The fourth-order valence-corrected chi connectivity index (χ4v) is 2.92. The summed E-state index contributed by atoms with van der Waals surface area (Å²) < 4.78 is 5.47. The molecule has 0 bridgehead atoms.